The molecular weight excluding hydrogens is 376 g/mol. The van der Waals surface area contributed by atoms with E-state index in [1.165, 1.54) is 5.56 Å². The highest BCUT2D eigenvalue weighted by atomic mass is 16.2. The molecule has 1 aromatic heterocycles. The van der Waals surface area contributed by atoms with Gasteiger partial charge in [0.1, 0.15) is 5.82 Å². The number of benzene rings is 1. The summed E-state index contributed by atoms with van der Waals surface area (Å²) in [6.45, 7) is 8.70. The highest BCUT2D eigenvalue weighted by molar-refractivity contribution is 5.79. The molecule has 4 rings (SSSR count). The number of carbonyl (C=O) groups is 1. The van der Waals surface area contributed by atoms with Gasteiger partial charge in [-0.15, -0.1) is 0 Å². The summed E-state index contributed by atoms with van der Waals surface area (Å²) in [4.78, 5) is 38.1. The van der Waals surface area contributed by atoms with Crippen molar-refractivity contribution in [1.29, 1.82) is 0 Å². The van der Waals surface area contributed by atoms with Crippen LogP contribution in [-0.4, -0.2) is 44.8 Å². The van der Waals surface area contributed by atoms with Crippen molar-refractivity contribution in [3.8, 4) is 0 Å². The van der Waals surface area contributed by atoms with Gasteiger partial charge in [0, 0.05) is 31.2 Å². The lowest BCUT2D eigenvalue weighted by atomic mass is 9.99. The molecule has 0 bridgehead atoms. The number of aryl methyl sites for hydroxylation is 1. The first-order valence-corrected chi connectivity index (χ1v) is 11.1. The molecule has 2 aromatic rings. The van der Waals surface area contributed by atoms with E-state index in [9.17, 15) is 9.59 Å². The minimum absolute atomic E-state index is 0.0325. The van der Waals surface area contributed by atoms with Crippen LogP contribution in [-0.2, 0) is 24.2 Å². The Bertz CT molecular complexity index is 964. The summed E-state index contributed by atoms with van der Waals surface area (Å²) in [5.41, 5.74) is 3.87. The second-order valence-electron chi connectivity index (χ2n) is 8.95. The Hall–Kier alpha value is -2.47. The van der Waals surface area contributed by atoms with Gasteiger partial charge in [-0.2, -0.15) is 0 Å². The average molecular weight is 409 g/mol. The van der Waals surface area contributed by atoms with E-state index in [4.69, 9.17) is 4.98 Å². The van der Waals surface area contributed by atoms with Gasteiger partial charge in [0.15, 0.2) is 0 Å². The van der Waals surface area contributed by atoms with Crippen LogP contribution in [0.25, 0.3) is 0 Å². The lowest BCUT2D eigenvalue weighted by Crippen LogP contribution is -2.43. The van der Waals surface area contributed by atoms with Crippen LogP contribution in [0.5, 0.6) is 0 Å². The summed E-state index contributed by atoms with van der Waals surface area (Å²) in [6, 6.07) is 8.39. The predicted octanol–water partition coefficient (Wildman–Crippen LogP) is 3.14. The van der Waals surface area contributed by atoms with Crippen LogP contribution < -0.4 is 5.56 Å². The molecule has 1 N–H and O–H groups in total. The number of H-pyrrole nitrogens is 1. The number of rotatable bonds is 4. The lowest BCUT2D eigenvalue weighted by molar-refractivity contribution is -0.134. The summed E-state index contributed by atoms with van der Waals surface area (Å²) in [6.07, 6.45) is 3.99. The van der Waals surface area contributed by atoms with E-state index < -0.39 is 0 Å². The first-order chi connectivity index (χ1) is 14.4. The number of hydrogen-bond acceptors (Lipinski definition) is 4. The number of carbonyl (C=O) groups excluding carboxylic acids is 1. The largest absolute Gasteiger partial charge is 0.332 e. The zero-order valence-electron chi connectivity index (χ0n) is 18.3. The number of nitrogens with zero attached hydrogens (tertiary/aromatic N) is 3. The number of aromatic amines is 1. The van der Waals surface area contributed by atoms with Gasteiger partial charge >= 0.3 is 0 Å². The molecule has 1 aromatic carbocycles. The van der Waals surface area contributed by atoms with Crippen LogP contribution in [0, 0.1) is 6.92 Å². The van der Waals surface area contributed by atoms with Crippen LogP contribution in [0.2, 0.25) is 0 Å². The second-order valence-corrected chi connectivity index (χ2v) is 8.95. The van der Waals surface area contributed by atoms with Crippen molar-refractivity contribution in [3.05, 3.63) is 62.8 Å². The fourth-order valence-corrected chi connectivity index (χ4v) is 4.57. The Balaban J connectivity index is 1.59. The molecule has 0 aliphatic carbocycles. The zero-order chi connectivity index (χ0) is 21.3. The van der Waals surface area contributed by atoms with Crippen molar-refractivity contribution in [2.24, 2.45) is 0 Å². The van der Waals surface area contributed by atoms with E-state index in [2.05, 4.69) is 23.7 Å². The van der Waals surface area contributed by atoms with Gasteiger partial charge in [-0.1, -0.05) is 29.8 Å². The molecule has 0 spiro atoms. The summed E-state index contributed by atoms with van der Waals surface area (Å²) >= 11 is 0. The molecule has 1 atom stereocenters. The molecule has 160 valence electrons. The van der Waals surface area contributed by atoms with Crippen molar-refractivity contribution in [1.82, 2.24) is 19.8 Å². The first kappa shape index (κ1) is 20.8. The Morgan fingerprint density at radius 3 is 2.70 bits per heavy atom. The Morgan fingerprint density at radius 1 is 1.20 bits per heavy atom. The number of likely N-dealkylation sites (tertiary alicyclic amines) is 1. The fraction of sp³-hybridized carbons (Fsp3) is 0.542. The molecule has 1 amide bonds. The van der Waals surface area contributed by atoms with Crippen LogP contribution in [0.3, 0.4) is 0 Å². The van der Waals surface area contributed by atoms with Gasteiger partial charge in [-0.05, 0) is 52.0 Å². The molecule has 3 heterocycles. The molecule has 0 unspecified atom stereocenters. The zero-order valence-corrected chi connectivity index (χ0v) is 18.3. The predicted molar refractivity (Wildman–Crippen MR) is 117 cm³/mol. The van der Waals surface area contributed by atoms with Gasteiger partial charge in [-0.25, -0.2) is 4.98 Å². The van der Waals surface area contributed by atoms with Crippen LogP contribution in [0.15, 0.2) is 29.1 Å². The number of fused-ring (bicyclic) bond motifs is 1. The summed E-state index contributed by atoms with van der Waals surface area (Å²) in [5, 5.41) is 0. The quantitative estimate of drug-likeness (QED) is 0.844. The molecule has 30 heavy (non-hydrogen) atoms. The number of hydrogen-bond donors (Lipinski definition) is 1. The summed E-state index contributed by atoms with van der Waals surface area (Å²) in [5.74, 6) is 0.758. The molecule has 6 nitrogen and oxygen atoms in total. The van der Waals surface area contributed by atoms with E-state index in [0.717, 1.165) is 49.0 Å². The molecule has 2 aliphatic rings. The SMILES string of the molecule is Cc1ccc(CC(=O)N2CCCC[C@H]2c2nc3c(c(=O)[nH]2)CCN(C(C)C)C3)cc1. The number of nitrogens with one attached hydrogen (secondary N) is 1. The maximum Gasteiger partial charge on any atom is 0.254 e. The normalized spacial score (nSPS) is 19.7. The maximum absolute atomic E-state index is 13.1. The van der Waals surface area contributed by atoms with Gasteiger partial charge in [0.25, 0.3) is 5.56 Å². The number of aromatic nitrogens is 2. The van der Waals surface area contributed by atoms with E-state index >= 15 is 0 Å². The Morgan fingerprint density at radius 2 is 1.97 bits per heavy atom. The average Bonchev–Trinajstić information content (AvgIpc) is 2.74. The molecule has 2 aliphatic heterocycles. The monoisotopic (exact) mass is 408 g/mol. The smallest absolute Gasteiger partial charge is 0.254 e. The Kier molecular flexibility index (Phi) is 6.04. The van der Waals surface area contributed by atoms with Gasteiger partial charge in [-0.3, -0.25) is 14.5 Å². The summed E-state index contributed by atoms with van der Waals surface area (Å²) in [7, 11) is 0. The molecule has 6 heteroatoms. The first-order valence-electron chi connectivity index (χ1n) is 11.1. The van der Waals surface area contributed by atoms with E-state index in [1.54, 1.807) is 0 Å². The van der Waals surface area contributed by atoms with E-state index in [1.807, 2.05) is 36.1 Å². The molecule has 1 saturated heterocycles. The van der Waals surface area contributed by atoms with E-state index in [0.29, 0.717) is 31.4 Å². The minimum Gasteiger partial charge on any atom is -0.332 e. The number of amides is 1. The van der Waals surface area contributed by atoms with Crippen molar-refractivity contribution in [3.63, 3.8) is 0 Å². The highest BCUT2D eigenvalue weighted by Gasteiger charge is 2.31. The maximum atomic E-state index is 13.1. The van der Waals surface area contributed by atoms with Gasteiger partial charge in [0.05, 0.1) is 18.2 Å². The van der Waals surface area contributed by atoms with Crippen molar-refractivity contribution >= 4 is 5.91 Å². The third-order valence-corrected chi connectivity index (χ3v) is 6.47. The van der Waals surface area contributed by atoms with Crippen molar-refractivity contribution in [2.45, 2.75) is 71.5 Å². The third kappa shape index (κ3) is 4.33. The molecule has 1 fully saturated rings. The van der Waals surface area contributed by atoms with Gasteiger partial charge in [0.2, 0.25) is 5.91 Å². The fourth-order valence-electron chi connectivity index (χ4n) is 4.57. The van der Waals surface area contributed by atoms with Crippen LogP contribution in [0.4, 0.5) is 0 Å². The molecule has 0 saturated carbocycles. The summed E-state index contributed by atoms with van der Waals surface area (Å²) < 4.78 is 0. The highest BCUT2D eigenvalue weighted by Crippen LogP contribution is 2.30. The van der Waals surface area contributed by atoms with Crippen molar-refractivity contribution in [2.75, 3.05) is 13.1 Å². The third-order valence-electron chi connectivity index (χ3n) is 6.47. The second kappa shape index (κ2) is 8.72. The van der Waals surface area contributed by atoms with E-state index in [-0.39, 0.29) is 17.5 Å². The van der Waals surface area contributed by atoms with Crippen LogP contribution >= 0.6 is 0 Å². The minimum atomic E-state index is -0.149. The van der Waals surface area contributed by atoms with Crippen molar-refractivity contribution < 1.29 is 4.79 Å². The van der Waals surface area contributed by atoms with Gasteiger partial charge < -0.3 is 9.88 Å². The van der Waals surface area contributed by atoms with Crippen LogP contribution in [0.1, 0.15) is 67.4 Å². The molecule has 0 radical (unpaired) electrons. The molecular formula is C24H32N4O2. The standard InChI is InChI=1S/C24H32N4O2/c1-16(2)27-13-11-19-20(15-27)25-23(26-24(19)30)21-6-4-5-12-28(21)22(29)14-18-9-7-17(3)8-10-18/h7-10,16,21H,4-6,11-15H2,1-3H3,(H,25,26,30)/t21-/m0/s1. The number of piperidine rings is 1. The lowest BCUT2D eigenvalue weighted by Gasteiger charge is -2.36. The topological polar surface area (TPSA) is 69.3 Å². The Labute approximate surface area is 178 Å².